The van der Waals surface area contributed by atoms with Crippen LogP contribution in [0.15, 0.2) is 51.8 Å². The average molecular weight is 485 g/mol. The molecule has 4 heterocycles. The largest absolute Gasteiger partial charge is 0.454 e. The molecule has 8 nitrogen and oxygen atoms in total. The van der Waals surface area contributed by atoms with Crippen LogP contribution in [0.1, 0.15) is 35.3 Å². The number of nitriles is 1. The summed E-state index contributed by atoms with van der Waals surface area (Å²) in [7, 11) is 1.85. The van der Waals surface area contributed by atoms with Crippen molar-refractivity contribution in [1.82, 2.24) is 19.7 Å². The smallest absolute Gasteiger partial charge is 0.196 e. The number of aryl methyl sites for hydroxylation is 2. The molecule has 1 atom stereocenters. The fourth-order valence-electron chi connectivity index (χ4n) is 4.25. The minimum atomic E-state index is -0.306. The van der Waals surface area contributed by atoms with E-state index in [4.69, 9.17) is 16.0 Å². The molecule has 0 unspecified atom stereocenters. The van der Waals surface area contributed by atoms with Crippen molar-refractivity contribution < 1.29 is 4.42 Å². The van der Waals surface area contributed by atoms with Gasteiger partial charge in [0.1, 0.15) is 28.0 Å². The Bertz CT molecular complexity index is 1730. The summed E-state index contributed by atoms with van der Waals surface area (Å²) in [5.74, 6) is 0.413. The van der Waals surface area contributed by atoms with Gasteiger partial charge in [-0.3, -0.25) is 9.48 Å². The topological polar surface area (TPSA) is 110 Å². The summed E-state index contributed by atoms with van der Waals surface area (Å²) in [6, 6.07) is 12.6. The van der Waals surface area contributed by atoms with E-state index in [-0.39, 0.29) is 22.3 Å². The van der Waals surface area contributed by atoms with E-state index in [2.05, 4.69) is 26.5 Å². The maximum absolute atomic E-state index is 13.4. The Morgan fingerprint density at radius 2 is 1.97 bits per heavy atom. The van der Waals surface area contributed by atoms with Gasteiger partial charge in [0.05, 0.1) is 28.8 Å². The maximum Gasteiger partial charge on any atom is 0.196 e. The Kier molecular flexibility index (Phi) is 5.50. The second-order valence-electron chi connectivity index (χ2n) is 8.49. The monoisotopic (exact) mass is 484 g/mol. The number of nitrogens with zero attached hydrogens (tertiary/aromatic N) is 5. The number of aromatic nitrogens is 4. The van der Waals surface area contributed by atoms with Gasteiger partial charge in [0.15, 0.2) is 16.9 Å². The lowest BCUT2D eigenvalue weighted by molar-refractivity contribution is 0.603. The number of anilines is 1. The van der Waals surface area contributed by atoms with Crippen molar-refractivity contribution in [3.63, 3.8) is 0 Å². The molecular formula is C26H21ClN6O2. The lowest BCUT2D eigenvalue weighted by atomic mass is 9.99. The van der Waals surface area contributed by atoms with Crippen molar-refractivity contribution in [2.24, 2.45) is 7.05 Å². The molecule has 9 heteroatoms. The van der Waals surface area contributed by atoms with Gasteiger partial charge >= 0.3 is 0 Å². The highest BCUT2D eigenvalue weighted by Gasteiger charge is 2.20. The van der Waals surface area contributed by atoms with E-state index in [9.17, 15) is 10.1 Å². The van der Waals surface area contributed by atoms with Crippen molar-refractivity contribution in [3.8, 4) is 17.5 Å². The summed E-state index contributed by atoms with van der Waals surface area (Å²) in [4.78, 5) is 22.2. The van der Waals surface area contributed by atoms with Crippen molar-refractivity contribution in [2.75, 3.05) is 5.32 Å². The molecule has 0 saturated carbocycles. The Morgan fingerprint density at radius 3 is 2.74 bits per heavy atom. The van der Waals surface area contributed by atoms with Crippen LogP contribution < -0.4 is 10.7 Å². The molecule has 0 aliphatic heterocycles. The molecule has 1 N–H and O–H groups in total. The zero-order chi connectivity index (χ0) is 24.9. The molecule has 1 aromatic carbocycles. The van der Waals surface area contributed by atoms with Crippen LogP contribution in [0.5, 0.6) is 0 Å². The van der Waals surface area contributed by atoms with E-state index >= 15 is 0 Å². The van der Waals surface area contributed by atoms with E-state index in [0.29, 0.717) is 39.2 Å². The van der Waals surface area contributed by atoms with Crippen LogP contribution in [0.2, 0.25) is 5.15 Å². The van der Waals surface area contributed by atoms with Gasteiger partial charge in [-0.05, 0) is 56.7 Å². The highest BCUT2D eigenvalue weighted by molar-refractivity contribution is 6.29. The molecule has 0 aliphatic carbocycles. The standard InChI is InChI=1S/C26H21ClN6O2/c1-13-9-16(15(3)30-18-6-8-23(27)32-20(18)11-28)26-17(10-13)24(34)14(2)25(35-26)19-5-7-22-21(31-19)12-29-33(22)4/h5-10,12,15,30H,1-4H3/t15-/m1/s1. The zero-order valence-electron chi connectivity index (χ0n) is 19.5. The van der Waals surface area contributed by atoms with Gasteiger partial charge in [-0.1, -0.05) is 17.7 Å². The Labute approximate surface area is 205 Å². The summed E-state index contributed by atoms with van der Waals surface area (Å²) in [5, 5.41) is 17.8. The first-order chi connectivity index (χ1) is 16.8. The van der Waals surface area contributed by atoms with Crippen molar-refractivity contribution in [3.05, 3.63) is 80.4 Å². The van der Waals surface area contributed by atoms with E-state index < -0.39 is 0 Å². The number of hydrogen-bond donors (Lipinski definition) is 1. The summed E-state index contributed by atoms with van der Waals surface area (Å²) < 4.78 is 8.15. The number of nitrogens with one attached hydrogen (secondary N) is 1. The predicted octanol–water partition coefficient (Wildman–Crippen LogP) is 5.45. The lowest BCUT2D eigenvalue weighted by Gasteiger charge is -2.19. The zero-order valence-corrected chi connectivity index (χ0v) is 20.3. The Morgan fingerprint density at radius 1 is 1.17 bits per heavy atom. The highest BCUT2D eigenvalue weighted by atomic mass is 35.5. The van der Waals surface area contributed by atoms with Crippen LogP contribution in [0.4, 0.5) is 5.69 Å². The number of halogens is 1. The third-order valence-corrected chi connectivity index (χ3v) is 6.25. The van der Waals surface area contributed by atoms with E-state index in [1.165, 1.54) is 0 Å². The number of hydrogen-bond acceptors (Lipinski definition) is 7. The van der Waals surface area contributed by atoms with Gasteiger partial charge < -0.3 is 9.73 Å². The Hall–Kier alpha value is -4.22. The van der Waals surface area contributed by atoms with Crippen molar-refractivity contribution in [1.29, 1.82) is 5.26 Å². The number of fused-ring (bicyclic) bond motifs is 2. The highest BCUT2D eigenvalue weighted by Crippen LogP contribution is 2.32. The van der Waals surface area contributed by atoms with Gasteiger partial charge in [-0.15, -0.1) is 0 Å². The van der Waals surface area contributed by atoms with Crippen LogP contribution in [0, 0.1) is 25.2 Å². The first-order valence-corrected chi connectivity index (χ1v) is 11.3. The fraction of sp³-hybridized carbons (Fsp3) is 0.192. The van der Waals surface area contributed by atoms with Gasteiger partial charge in [-0.25, -0.2) is 9.97 Å². The molecule has 0 radical (unpaired) electrons. The molecule has 0 aliphatic rings. The van der Waals surface area contributed by atoms with Crippen molar-refractivity contribution in [2.45, 2.75) is 26.8 Å². The minimum absolute atomic E-state index is 0.114. The molecular weight excluding hydrogens is 464 g/mol. The number of pyridine rings is 2. The lowest BCUT2D eigenvalue weighted by Crippen LogP contribution is -2.13. The van der Waals surface area contributed by atoms with Crippen LogP contribution in [0.25, 0.3) is 33.5 Å². The first kappa shape index (κ1) is 22.6. The van der Waals surface area contributed by atoms with E-state index in [1.54, 1.807) is 29.9 Å². The molecule has 0 spiro atoms. The summed E-state index contributed by atoms with van der Waals surface area (Å²) >= 11 is 5.94. The van der Waals surface area contributed by atoms with E-state index in [1.807, 2.05) is 45.2 Å². The Balaban J connectivity index is 1.68. The fourth-order valence-corrected chi connectivity index (χ4v) is 4.40. The third kappa shape index (κ3) is 3.90. The molecule has 5 rings (SSSR count). The molecule has 174 valence electrons. The SMILES string of the molecule is Cc1cc([C@@H](C)Nc2ccc(Cl)nc2C#N)c2oc(-c3ccc4c(cnn4C)n3)c(C)c(=O)c2c1. The maximum atomic E-state index is 13.4. The summed E-state index contributed by atoms with van der Waals surface area (Å²) in [6.07, 6.45) is 1.68. The van der Waals surface area contributed by atoms with Crippen LogP contribution in [0.3, 0.4) is 0 Å². The normalized spacial score (nSPS) is 12.1. The first-order valence-electron chi connectivity index (χ1n) is 11.0. The molecule has 4 aromatic heterocycles. The number of rotatable bonds is 4. The molecule has 0 saturated heterocycles. The van der Waals surface area contributed by atoms with Gasteiger partial charge in [0.2, 0.25) is 0 Å². The third-order valence-electron chi connectivity index (χ3n) is 6.03. The van der Waals surface area contributed by atoms with Crippen molar-refractivity contribution >= 4 is 39.3 Å². The predicted molar refractivity (Wildman–Crippen MR) is 135 cm³/mol. The summed E-state index contributed by atoms with van der Waals surface area (Å²) in [5.41, 5.74) is 5.42. The van der Waals surface area contributed by atoms with Crippen LogP contribution in [-0.4, -0.2) is 19.7 Å². The molecule has 35 heavy (non-hydrogen) atoms. The van der Waals surface area contributed by atoms with Gasteiger partial charge in [-0.2, -0.15) is 10.4 Å². The van der Waals surface area contributed by atoms with Crippen LogP contribution in [-0.2, 0) is 7.05 Å². The second-order valence-corrected chi connectivity index (χ2v) is 8.88. The van der Waals surface area contributed by atoms with Crippen LogP contribution >= 0.6 is 11.6 Å². The quantitative estimate of drug-likeness (QED) is 0.337. The van der Waals surface area contributed by atoms with Gasteiger partial charge in [0, 0.05) is 18.2 Å². The molecule has 0 bridgehead atoms. The van der Waals surface area contributed by atoms with E-state index in [0.717, 1.165) is 16.6 Å². The minimum Gasteiger partial charge on any atom is -0.454 e. The average Bonchev–Trinajstić information content (AvgIpc) is 3.22. The van der Waals surface area contributed by atoms with Gasteiger partial charge in [0.25, 0.3) is 0 Å². The molecule has 0 fully saturated rings. The molecule has 5 aromatic rings. The molecule has 0 amide bonds. The number of benzene rings is 1. The second kappa shape index (κ2) is 8.53. The summed E-state index contributed by atoms with van der Waals surface area (Å²) in [6.45, 7) is 5.61.